The van der Waals surface area contributed by atoms with Crippen molar-refractivity contribution in [2.24, 2.45) is 0 Å². The van der Waals surface area contributed by atoms with E-state index in [-0.39, 0.29) is 12.6 Å². The van der Waals surface area contributed by atoms with Gasteiger partial charge in [-0.1, -0.05) is 0 Å². The Morgan fingerprint density at radius 2 is 1.60 bits per heavy atom. The van der Waals surface area contributed by atoms with E-state index in [9.17, 15) is 0 Å². The van der Waals surface area contributed by atoms with E-state index < -0.39 is 0 Å². The van der Waals surface area contributed by atoms with E-state index in [1.807, 2.05) is 0 Å². The van der Waals surface area contributed by atoms with Crippen LogP contribution in [0.4, 0.5) is 0 Å². The first-order chi connectivity index (χ1) is 4.86. The predicted octanol–water partition coefficient (Wildman–Crippen LogP) is 1.13. The van der Waals surface area contributed by atoms with Crippen LogP contribution in [-0.4, -0.2) is 26.8 Å². The smallest absolute Gasteiger partial charge is 0.160 e. The Labute approximate surface area is 61.3 Å². The van der Waals surface area contributed by atoms with Crippen LogP contribution in [0.3, 0.4) is 0 Å². The lowest BCUT2D eigenvalue weighted by Gasteiger charge is -2.27. The summed E-state index contributed by atoms with van der Waals surface area (Å²) in [4.78, 5) is 0. The van der Waals surface area contributed by atoms with Crippen LogP contribution in [0.1, 0.15) is 19.3 Å². The maximum Gasteiger partial charge on any atom is 0.160 e. The van der Waals surface area contributed by atoms with Crippen molar-refractivity contribution < 1.29 is 14.2 Å². The van der Waals surface area contributed by atoms with Crippen molar-refractivity contribution in [3.63, 3.8) is 0 Å². The van der Waals surface area contributed by atoms with Gasteiger partial charge in [-0.2, -0.15) is 0 Å². The Bertz CT molecular complexity index is 84.9. The van der Waals surface area contributed by atoms with Crippen LogP contribution in [0.15, 0.2) is 0 Å². The standard InChI is InChI=1S/C7H14O3/c1-8-6-4-3-5-7(9-2)10-6/h6-7H,3-5H2,1-2H3/t6-,7?/m1/s1. The van der Waals surface area contributed by atoms with Gasteiger partial charge in [-0.05, 0) is 19.3 Å². The molecule has 1 unspecified atom stereocenters. The zero-order chi connectivity index (χ0) is 7.40. The second-order valence-corrected chi connectivity index (χ2v) is 2.40. The molecule has 0 amide bonds. The van der Waals surface area contributed by atoms with Crippen molar-refractivity contribution in [1.82, 2.24) is 0 Å². The van der Waals surface area contributed by atoms with E-state index in [2.05, 4.69) is 0 Å². The van der Waals surface area contributed by atoms with Crippen molar-refractivity contribution >= 4 is 0 Å². The predicted molar refractivity (Wildman–Crippen MR) is 36.5 cm³/mol. The molecule has 1 fully saturated rings. The molecule has 0 saturated carbocycles. The summed E-state index contributed by atoms with van der Waals surface area (Å²) < 4.78 is 15.4. The minimum atomic E-state index is -0.0568. The second-order valence-electron chi connectivity index (χ2n) is 2.40. The molecule has 0 spiro atoms. The Balaban J connectivity index is 2.25. The van der Waals surface area contributed by atoms with Gasteiger partial charge in [0, 0.05) is 14.2 Å². The Morgan fingerprint density at radius 3 is 2.00 bits per heavy atom. The highest BCUT2D eigenvalue weighted by molar-refractivity contribution is 4.57. The summed E-state index contributed by atoms with van der Waals surface area (Å²) in [5.41, 5.74) is 0. The third-order valence-electron chi connectivity index (χ3n) is 1.71. The number of hydrogen-bond acceptors (Lipinski definition) is 3. The van der Waals surface area contributed by atoms with Gasteiger partial charge >= 0.3 is 0 Å². The third kappa shape index (κ3) is 1.94. The highest BCUT2D eigenvalue weighted by atomic mass is 16.8. The lowest BCUT2D eigenvalue weighted by Crippen LogP contribution is -2.29. The zero-order valence-corrected chi connectivity index (χ0v) is 6.50. The topological polar surface area (TPSA) is 27.7 Å². The molecule has 1 saturated heterocycles. The van der Waals surface area contributed by atoms with Gasteiger partial charge in [-0.25, -0.2) is 0 Å². The largest absolute Gasteiger partial charge is 0.356 e. The van der Waals surface area contributed by atoms with E-state index in [0.717, 1.165) is 19.3 Å². The maximum atomic E-state index is 5.34. The number of rotatable bonds is 2. The summed E-state index contributed by atoms with van der Waals surface area (Å²) in [7, 11) is 3.31. The molecule has 0 N–H and O–H groups in total. The normalized spacial score (nSPS) is 34.2. The summed E-state index contributed by atoms with van der Waals surface area (Å²) in [6.45, 7) is 0. The number of hydrogen-bond donors (Lipinski definition) is 0. The van der Waals surface area contributed by atoms with E-state index in [1.54, 1.807) is 14.2 Å². The van der Waals surface area contributed by atoms with Crippen molar-refractivity contribution in [2.45, 2.75) is 31.8 Å². The Hall–Kier alpha value is -0.120. The molecule has 0 aromatic heterocycles. The van der Waals surface area contributed by atoms with E-state index in [1.165, 1.54) is 0 Å². The SMILES string of the molecule is COC1CCC[C@H](OC)O1. The fourth-order valence-electron chi connectivity index (χ4n) is 1.10. The molecule has 60 valence electrons. The van der Waals surface area contributed by atoms with Gasteiger partial charge in [-0.3, -0.25) is 0 Å². The average molecular weight is 146 g/mol. The first-order valence-corrected chi connectivity index (χ1v) is 3.58. The summed E-state index contributed by atoms with van der Waals surface area (Å²) in [6, 6.07) is 0. The zero-order valence-electron chi connectivity index (χ0n) is 6.50. The first-order valence-electron chi connectivity index (χ1n) is 3.58. The molecule has 1 aliphatic rings. The quantitative estimate of drug-likeness (QED) is 0.584. The molecule has 3 heteroatoms. The van der Waals surface area contributed by atoms with Crippen LogP contribution >= 0.6 is 0 Å². The molecule has 10 heavy (non-hydrogen) atoms. The summed E-state index contributed by atoms with van der Waals surface area (Å²) >= 11 is 0. The molecular formula is C7H14O3. The van der Waals surface area contributed by atoms with Crippen molar-refractivity contribution in [1.29, 1.82) is 0 Å². The molecule has 0 radical (unpaired) electrons. The number of ether oxygens (including phenoxy) is 3. The van der Waals surface area contributed by atoms with Gasteiger partial charge in [0.05, 0.1) is 0 Å². The molecule has 0 bridgehead atoms. The molecule has 0 aliphatic carbocycles. The van der Waals surface area contributed by atoms with E-state index in [0.29, 0.717) is 0 Å². The molecule has 1 rings (SSSR count). The fourth-order valence-corrected chi connectivity index (χ4v) is 1.10. The van der Waals surface area contributed by atoms with Crippen LogP contribution in [0.5, 0.6) is 0 Å². The van der Waals surface area contributed by atoms with Crippen LogP contribution in [0.25, 0.3) is 0 Å². The van der Waals surface area contributed by atoms with Crippen LogP contribution in [0.2, 0.25) is 0 Å². The molecule has 1 aliphatic heterocycles. The Morgan fingerprint density at radius 1 is 1.10 bits per heavy atom. The van der Waals surface area contributed by atoms with Gasteiger partial charge in [-0.15, -0.1) is 0 Å². The van der Waals surface area contributed by atoms with Crippen molar-refractivity contribution in [3.8, 4) is 0 Å². The van der Waals surface area contributed by atoms with Gasteiger partial charge < -0.3 is 14.2 Å². The van der Waals surface area contributed by atoms with Crippen molar-refractivity contribution in [2.75, 3.05) is 14.2 Å². The van der Waals surface area contributed by atoms with Gasteiger partial charge in [0.15, 0.2) is 12.6 Å². The highest BCUT2D eigenvalue weighted by Gasteiger charge is 2.20. The first kappa shape index (κ1) is 7.98. The van der Waals surface area contributed by atoms with Gasteiger partial charge in [0.1, 0.15) is 0 Å². The lowest BCUT2D eigenvalue weighted by molar-refractivity contribution is -0.251. The van der Waals surface area contributed by atoms with Gasteiger partial charge in [0.25, 0.3) is 0 Å². The third-order valence-corrected chi connectivity index (χ3v) is 1.71. The second kappa shape index (κ2) is 3.91. The molecule has 3 nitrogen and oxygen atoms in total. The maximum absolute atomic E-state index is 5.34. The summed E-state index contributed by atoms with van der Waals surface area (Å²) in [5, 5.41) is 0. The molecule has 0 aromatic carbocycles. The van der Waals surface area contributed by atoms with Crippen LogP contribution in [-0.2, 0) is 14.2 Å². The highest BCUT2D eigenvalue weighted by Crippen LogP contribution is 2.19. The lowest BCUT2D eigenvalue weighted by atomic mass is 10.2. The summed E-state index contributed by atoms with van der Waals surface area (Å²) in [6.07, 6.45) is 2.97. The Kier molecular flexibility index (Phi) is 3.12. The fraction of sp³-hybridized carbons (Fsp3) is 1.00. The molecular weight excluding hydrogens is 132 g/mol. The number of methoxy groups -OCH3 is 2. The van der Waals surface area contributed by atoms with Gasteiger partial charge in [0.2, 0.25) is 0 Å². The minimum Gasteiger partial charge on any atom is -0.356 e. The van der Waals surface area contributed by atoms with E-state index >= 15 is 0 Å². The summed E-state index contributed by atoms with van der Waals surface area (Å²) in [5.74, 6) is 0. The average Bonchev–Trinajstić information content (AvgIpc) is 2.05. The van der Waals surface area contributed by atoms with E-state index in [4.69, 9.17) is 14.2 Å². The monoisotopic (exact) mass is 146 g/mol. The van der Waals surface area contributed by atoms with Crippen LogP contribution < -0.4 is 0 Å². The molecule has 2 atom stereocenters. The van der Waals surface area contributed by atoms with Crippen LogP contribution in [0, 0.1) is 0 Å². The molecule has 1 heterocycles. The molecule has 0 aromatic rings. The van der Waals surface area contributed by atoms with Crippen molar-refractivity contribution in [3.05, 3.63) is 0 Å². The minimum absolute atomic E-state index is 0.0568.